The number of carbonyl (C=O) groups excluding carboxylic acids is 2. The Labute approximate surface area is 150 Å². The van der Waals surface area contributed by atoms with Crippen LogP contribution in [-0.2, 0) is 20.8 Å². The van der Waals surface area contributed by atoms with Crippen LogP contribution in [-0.4, -0.2) is 33.8 Å². The minimum absolute atomic E-state index is 0.345. The van der Waals surface area contributed by atoms with Crippen LogP contribution in [0.5, 0.6) is 0 Å². The molecule has 0 amide bonds. The number of ether oxygens (including phenoxy) is 2. The number of rotatable bonds is 6. The van der Waals surface area contributed by atoms with Crippen molar-refractivity contribution in [2.75, 3.05) is 7.11 Å². The molecule has 0 fully saturated rings. The fourth-order valence-corrected chi connectivity index (χ4v) is 2.41. The van der Waals surface area contributed by atoms with Gasteiger partial charge in [0.2, 0.25) is 6.10 Å². The van der Waals surface area contributed by atoms with Gasteiger partial charge in [-0.1, -0.05) is 42.5 Å². The minimum atomic E-state index is -1.11. The molecule has 3 aromatic rings. The van der Waals surface area contributed by atoms with Crippen LogP contribution in [0.1, 0.15) is 27.6 Å². The highest BCUT2D eigenvalue weighted by molar-refractivity contribution is 5.91. The first-order valence-corrected chi connectivity index (χ1v) is 7.92. The summed E-state index contributed by atoms with van der Waals surface area (Å²) < 4.78 is 11.8. The van der Waals surface area contributed by atoms with Gasteiger partial charge in [-0.05, 0) is 17.7 Å². The SMILES string of the molecule is COC(=O)C(OC(=O)c1ccc(Cn2cncn2)cc1)c1ccccc1. The Morgan fingerprint density at radius 2 is 1.81 bits per heavy atom. The van der Waals surface area contributed by atoms with E-state index in [2.05, 4.69) is 10.1 Å². The van der Waals surface area contributed by atoms with Gasteiger partial charge in [0.1, 0.15) is 12.7 Å². The van der Waals surface area contributed by atoms with Crippen LogP contribution in [0, 0.1) is 0 Å². The second-order valence-corrected chi connectivity index (χ2v) is 5.51. The molecule has 1 atom stereocenters. The van der Waals surface area contributed by atoms with Gasteiger partial charge in [-0.15, -0.1) is 0 Å². The number of benzene rings is 2. The van der Waals surface area contributed by atoms with Gasteiger partial charge in [0.15, 0.2) is 0 Å². The second-order valence-electron chi connectivity index (χ2n) is 5.51. The van der Waals surface area contributed by atoms with E-state index in [1.807, 2.05) is 6.07 Å². The molecule has 3 rings (SSSR count). The summed E-state index contributed by atoms with van der Waals surface area (Å²) in [5, 5.41) is 4.03. The van der Waals surface area contributed by atoms with E-state index < -0.39 is 18.0 Å². The lowest BCUT2D eigenvalue weighted by Crippen LogP contribution is -2.21. The van der Waals surface area contributed by atoms with Crippen molar-refractivity contribution in [3.05, 3.63) is 83.9 Å². The molecule has 2 aromatic carbocycles. The minimum Gasteiger partial charge on any atom is -0.466 e. The van der Waals surface area contributed by atoms with E-state index in [1.165, 1.54) is 13.4 Å². The Hall–Kier alpha value is -3.48. The van der Waals surface area contributed by atoms with Crippen LogP contribution < -0.4 is 0 Å². The van der Waals surface area contributed by atoms with Gasteiger partial charge in [0.25, 0.3) is 0 Å². The Balaban J connectivity index is 1.72. The molecule has 0 aliphatic carbocycles. The van der Waals surface area contributed by atoms with Gasteiger partial charge in [-0.25, -0.2) is 19.3 Å². The number of nitrogens with zero attached hydrogens (tertiary/aromatic N) is 3. The van der Waals surface area contributed by atoms with Crippen molar-refractivity contribution in [1.82, 2.24) is 14.8 Å². The highest BCUT2D eigenvalue weighted by Crippen LogP contribution is 2.21. The first-order chi connectivity index (χ1) is 12.7. The molecule has 7 heteroatoms. The maximum atomic E-state index is 12.4. The van der Waals surface area contributed by atoms with Crippen molar-refractivity contribution in [2.24, 2.45) is 0 Å². The molecular weight excluding hydrogens is 334 g/mol. The van der Waals surface area contributed by atoms with Gasteiger partial charge >= 0.3 is 11.9 Å². The standard InChI is InChI=1S/C19H17N3O4/c1-25-19(24)17(15-5-3-2-4-6-15)26-18(23)16-9-7-14(8-10-16)11-22-13-20-12-21-22/h2-10,12-13,17H,11H2,1H3. The number of hydrogen-bond donors (Lipinski definition) is 0. The Kier molecular flexibility index (Phi) is 5.38. The highest BCUT2D eigenvalue weighted by atomic mass is 16.6. The second kappa shape index (κ2) is 8.06. The molecular formula is C19H17N3O4. The summed E-state index contributed by atoms with van der Waals surface area (Å²) in [6.45, 7) is 0.546. The van der Waals surface area contributed by atoms with E-state index in [-0.39, 0.29) is 0 Å². The Morgan fingerprint density at radius 1 is 1.08 bits per heavy atom. The van der Waals surface area contributed by atoms with Crippen LogP contribution in [0.15, 0.2) is 67.3 Å². The molecule has 1 heterocycles. The average molecular weight is 351 g/mol. The van der Waals surface area contributed by atoms with Crippen molar-refractivity contribution in [3.63, 3.8) is 0 Å². The van der Waals surface area contributed by atoms with E-state index >= 15 is 0 Å². The molecule has 132 valence electrons. The molecule has 0 aliphatic heterocycles. The third-order valence-electron chi connectivity index (χ3n) is 3.74. The molecule has 0 saturated heterocycles. The Bertz CT molecular complexity index is 862. The Morgan fingerprint density at radius 3 is 2.42 bits per heavy atom. The zero-order chi connectivity index (χ0) is 18.4. The fourth-order valence-electron chi connectivity index (χ4n) is 2.41. The molecule has 0 bridgehead atoms. The maximum Gasteiger partial charge on any atom is 0.351 e. The maximum absolute atomic E-state index is 12.4. The number of aromatic nitrogens is 3. The summed E-state index contributed by atoms with van der Waals surface area (Å²) in [4.78, 5) is 28.3. The predicted molar refractivity (Wildman–Crippen MR) is 92.2 cm³/mol. The van der Waals surface area contributed by atoms with Crippen LogP contribution in [0.4, 0.5) is 0 Å². The lowest BCUT2D eigenvalue weighted by molar-refractivity contribution is -0.151. The largest absolute Gasteiger partial charge is 0.466 e. The van der Waals surface area contributed by atoms with E-state index in [0.717, 1.165) is 5.56 Å². The molecule has 1 aromatic heterocycles. The first-order valence-electron chi connectivity index (χ1n) is 7.92. The molecule has 0 saturated carbocycles. The summed E-state index contributed by atoms with van der Waals surface area (Å²) in [6, 6.07) is 15.6. The number of methoxy groups -OCH3 is 1. The van der Waals surface area contributed by atoms with E-state index in [4.69, 9.17) is 9.47 Å². The van der Waals surface area contributed by atoms with E-state index in [9.17, 15) is 9.59 Å². The van der Waals surface area contributed by atoms with Crippen LogP contribution in [0.3, 0.4) is 0 Å². The first kappa shape index (κ1) is 17.3. The molecule has 0 spiro atoms. The summed E-state index contributed by atoms with van der Waals surface area (Å²) >= 11 is 0. The van der Waals surface area contributed by atoms with Gasteiger partial charge < -0.3 is 9.47 Å². The van der Waals surface area contributed by atoms with Crippen molar-refractivity contribution in [2.45, 2.75) is 12.6 Å². The van der Waals surface area contributed by atoms with Crippen molar-refractivity contribution >= 4 is 11.9 Å². The van der Waals surface area contributed by atoms with Gasteiger partial charge in [-0.3, -0.25) is 0 Å². The number of hydrogen-bond acceptors (Lipinski definition) is 6. The van der Waals surface area contributed by atoms with Gasteiger partial charge in [-0.2, -0.15) is 5.10 Å². The fraction of sp³-hybridized carbons (Fsp3) is 0.158. The molecule has 7 nitrogen and oxygen atoms in total. The smallest absolute Gasteiger partial charge is 0.351 e. The van der Waals surface area contributed by atoms with Gasteiger partial charge in [0, 0.05) is 5.56 Å². The van der Waals surface area contributed by atoms with Gasteiger partial charge in [0.05, 0.1) is 19.2 Å². The lowest BCUT2D eigenvalue weighted by atomic mass is 10.1. The topological polar surface area (TPSA) is 83.3 Å². The molecule has 0 aliphatic rings. The third kappa shape index (κ3) is 4.13. The quantitative estimate of drug-likeness (QED) is 0.634. The monoisotopic (exact) mass is 351 g/mol. The summed E-state index contributed by atoms with van der Waals surface area (Å²) in [6.07, 6.45) is 1.97. The normalized spacial score (nSPS) is 11.6. The van der Waals surface area contributed by atoms with Crippen molar-refractivity contribution in [1.29, 1.82) is 0 Å². The van der Waals surface area contributed by atoms with Crippen LogP contribution in [0.25, 0.3) is 0 Å². The van der Waals surface area contributed by atoms with E-state index in [0.29, 0.717) is 17.7 Å². The number of carbonyl (C=O) groups is 2. The summed E-state index contributed by atoms with van der Waals surface area (Å²) in [7, 11) is 1.26. The third-order valence-corrected chi connectivity index (χ3v) is 3.74. The van der Waals surface area contributed by atoms with E-state index in [1.54, 1.807) is 59.5 Å². The average Bonchev–Trinajstić information content (AvgIpc) is 3.19. The lowest BCUT2D eigenvalue weighted by Gasteiger charge is -2.16. The molecule has 0 N–H and O–H groups in total. The summed E-state index contributed by atoms with van der Waals surface area (Å²) in [5.74, 6) is -1.23. The number of esters is 2. The van der Waals surface area contributed by atoms with Crippen molar-refractivity contribution in [3.8, 4) is 0 Å². The molecule has 26 heavy (non-hydrogen) atoms. The molecule has 0 radical (unpaired) electrons. The summed E-state index contributed by atoms with van der Waals surface area (Å²) in [5.41, 5.74) is 1.85. The van der Waals surface area contributed by atoms with Crippen LogP contribution in [0.2, 0.25) is 0 Å². The van der Waals surface area contributed by atoms with Crippen LogP contribution >= 0.6 is 0 Å². The highest BCUT2D eigenvalue weighted by Gasteiger charge is 2.26. The zero-order valence-electron chi connectivity index (χ0n) is 14.1. The van der Waals surface area contributed by atoms with Crippen molar-refractivity contribution < 1.29 is 19.1 Å². The molecule has 1 unspecified atom stereocenters. The predicted octanol–water partition coefficient (Wildman–Crippen LogP) is 2.40. The zero-order valence-corrected chi connectivity index (χ0v) is 14.1.